The number of benzene rings is 2. The van der Waals surface area contributed by atoms with Gasteiger partial charge in [-0.2, -0.15) is 0 Å². The Morgan fingerprint density at radius 1 is 1.15 bits per heavy atom. The molecule has 2 aromatic carbocycles. The summed E-state index contributed by atoms with van der Waals surface area (Å²) < 4.78 is 18.2. The number of rotatable bonds is 8. The number of nitrogens with zero attached hydrogens (tertiary/aromatic N) is 3. The number of thioether (sulfide) groups is 1. The molecule has 0 saturated heterocycles. The predicted octanol–water partition coefficient (Wildman–Crippen LogP) is 4.85. The van der Waals surface area contributed by atoms with Crippen LogP contribution in [0.3, 0.4) is 0 Å². The summed E-state index contributed by atoms with van der Waals surface area (Å²) in [5.74, 6) is 2.84. The summed E-state index contributed by atoms with van der Waals surface area (Å²) in [6, 6.07) is 17.0. The van der Waals surface area contributed by atoms with Crippen LogP contribution in [0.25, 0.3) is 16.4 Å². The molecule has 0 radical (unpaired) electrons. The molecule has 4 aromatic rings. The smallest absolute Gasteiger partial charge is 0.234 e. The van der Waals surface area contributed by atoms with Crippen molar-refractivity contribution in [3.05, 3.63) is 60.0 Å². The van der Waals surface area contributed by atoms with Crippen molar-refractivity contribution in [2.45, 2.75) is 12.1 Å². The van der Waals surface area contributed by atoms with Crippen molar-refractivity contribution in [2.24, 2.45) is 0 Å². The van der Waals surface area contributed by atoms with Gasteiger partial charge in [-0.05, 0) is 54.8 Å². The summed E-state index contributed by atoms with van der Waals surface area (Å²) in [6.45, 7) is 2.74. The number of ether oxygens (including phenoxy) is 3. The first-order valence-electron chi connectivity index (χ1n) is 10.3. The molecule has 0 spiro atoms. The minimum atomic E-state index is -0.155. The number of amides is 1. The van der Waals surface area contributed by atoms with Crippen LogP contribution in [-0.2, 0) is 4.79 Å². The van der Waals surface area contributed by atoms with Crippen LogP contribution in [0.4, 0.5) is 5.69 Å². The van der Waals surface area contributed by atoms with Gasteiger partial charge < -0.3 is 19.5 Å². The molecule has 0 aliphatic carbocycles. The molecule has 1 aliphatic rings. The van der Waals surface area contributed by atoms with Crippen LogP contribution in [-0.4, -0.2) is 39.8 Å². The first-order valence-corrected chi connectivity index (χ1v) is 12.1. The van der Waals surface area contributed by atoms with Crippen LogP contribution in [0.5, 0.6) is 17.2 Å². The zero-order valence-electron chi connectivity index (χ0n) is 17.7. The van der Waals surface area contributed by atoms with Gasteiger partial charge in [-0.15, -0.1) is 21.5 Å². The zero-order chi connectivity index (χ0) is 22.6. The monoisotopic (exact) mass is 480 g/mol. The highest BCUT2D eigenvalue weighted by Gasteiger charge is 2.19. The van der Waals surface area contributed by atoms with Gasteiger partial charge in [0.2, 0.25) is 12.7 Å². The van der Waals surface area contributed by atoms with Crippen LogP contribution in [0.2, 0.25) is 0 Å². The normalized spacial score (nSPS) is 12.0. The van der Waals surface area contributed by atoms with Crippen molar-refractivity contribution >= 4 is 34.7 Å². The lowest BCUT2D eigenvalue weighted by molar-refractivity contribution is -0.113. The minimum absolute atomic E-state index is 0.155. The lowest BCUT2D eigenvalue weighted by atomic mass is 10.3. The maximum Gasteiger partial charge on any atom is 0.234 e. The average molecular weight is 481 g/mol. The van der Waals surface area contributed by atoms with Crippen LogP contribution < -0.4 is 19.5 Å². The molecule has 0 unspecified atom stereocenters. The van der Waals surface area contributed by atoms with E-state index in [1.54, 1.807) is 29.5 Å². The van der Waals surface area contributed by atoms with E-state index in [-0.39, 0.29) is 18.5 Å². The summed E-state index contributed by atoms with van der Waals surface area (Å²) in [4.78, 5) is 13.6. The molecule has 0 atom stereocenters. The Balaban J connectivity index is 1.35. The summed E-state index contributed by atoms with van der Waals surface area (Å²) in [5.41, 5.74) is 1.54. The number of nitrogens with one attached hydrogen (secondary N) is 1. The van der Waals surface area contributed by atoms with Crippen molar-refractivity contribution in [2.75, 3.05) is 24.5 Å². The number of aromatic nitrogens is 3. The van der Waals surface area contributed by atoms with E-state index < -0.39 is 0 Å². The Hall–Kier alpha value is -3.50. The van der Waals surface area contributed by atoms with Gasteiger partial charge in [-0.1, -0.05) is 17.8 Å². The van der Waals surface area contributed by atoms with E-state index in [1.807, 2.05) is 53.3 Å². The van der Waals surface area contributed by atoms with Crippen molar-refractivity contribution in [1.82, 2.24) is 14.8 Å². The Labute approximate surface area is 198 Å². The molecule has 0 fully saturated rings. The van der Waals surface area contributed by atoms with E-state index in [0.29, 0.717) is 28.9 Å². The van der Waals surface area contributed by atoms with Gasteiger partial charge in [0.25, 0.3) is 0 Å². The van der Waals surface area contributed by atoms with Gasteiger partial charge in [0, 0.05) is 11.8 Å². The second-order valence-electron chi connectivity index (χ2n) is 6.95. The molecule has 0 saturated carbocycles. The molecule has 10 heteroatoms. The molecule has 33 heavy (non-hydrogen) atoms. The van der Waals surface area contributed by atoms with Gasteiger partial charge in [-0.3, -0.25) is 9.36 Å². The molecule has 1 N–H and O–H groups in total. The second kappa shape index (κ2) is 9.55. The summed E-state index contributed by atoms with van der Waals surface area (Å²) in [6.07, 6.45) is 0. The highest BCUT2D eigenvalue weighted by atomic mass is 32.2. The molecule has 168 valence electrons. The molecule has 0 bridgehead atoms. The number of hydrogen-bond donors (Lipinski definition) is 1. The Morgan fingerprint density at radius 3 is 2.79 bits per heavy atom. The molecule has 8 nitrogen and oxygen atoms in total. The lowest BCUT2D eigenvalue weighted by Gasteiger charge is -2.11. The van der Waals surface area contributed by atoms with Crippen molar-refractivity contribution in [1.29, 1.82) is 0 Å². The number of thiophene rings is 1. The fourth-order valence-electron chi connectivity index (χ4n) is 3.32. The fourth-order valence-corrected chi connectivity index (χ4v) is 4.77. The fraction of sp³-hybridized carbons (Fsp3) is 0.174. The lowest BCUT2D eigenvalue weighted by Crippen LogP contribution is -2.14. The van der Waals surface area contributed by atoms with Gasteiger partial charge in [0.15, 0.2) is 22.5 Å². The molecule has 2 aromatic heterocycles. The van der Waals surface area contributed by atoms with E-state index in [4.69, 9.17) is 14.2 Å². The predicted molar refractivity (Wildman–Crippen MR) is 128 cm³/mol. The largest absolute Gasteiger partial charge is 0.494 e. The van der Waals surface area contributed by atoms with Gasteiger partial charge in [0.05, 0.1) is 22.9 Å². The Morgan fingerprint density at radius 2 is 2.00 bits per heavy atom. The maximum absolute atomic E-state index is 12.6. The minimum Gasteiger partial charge on any atom is -0.494 e. The summed E-state index contributed by atoms with van der Waals surface area (Å²) in [5, 5.41) is 14.3. The third-order valence-corrected chi connectivity index (χ3v) is 6.56. The molecule has 1 aliphatic heterocycles. The SMILES string of the molecule is CCOc1ccc(-n2c(SCC(=O)Nc3ccc4c(c3)OCO4)nnc2-c2cccs2)cc1. The third-order valence-electron chi connectivity index (χ3n) is 4.77. The van der Waals surface area contributed by atoms with Crippen LogP contribution in [0.1, 0.15) is 6.92 Å². The molecular weight excluding hydrogens is 460 g/mol. The van der Waals surface area contributed by atoms with Crippen molar-refractivity contribution in [3.8, 4) is 33.6 Å². The quantitative estimate of drug-likeness (QED) is 0.361. The number of hydrogen-bond acceptors (Lipinski definition) is 8. The standard InChI is InChI=1S/C23H20N4O4S2/c1-2-29-17-8-6-16(7-9-17)27-22(20-4-3-11-32-20)25-26-23(27)33-13-21(28)24-15-5-10-18-19(12-15)31-14-30-18/h3-12H,2,13-14H2,1H3,(H,24,28). The highest BCUT2D eigenvalue weighted by molar-refractivity contribution is 7.99. The van der Waals surface area contributed by atoms with Crippen LogP contribution in [0, 0.1) is 0 Å². The van der Waals surface area contributed by atoms with E-state index in [0.717, 1.165) is 22.1 Å². The summed E-state index contributed by atoms with van der Waals surface area (Å²) >= 11 is 2.91. The van der Waals surface area contributed by atoms with Gasteiger partial charge in [-0.25, -0.2) is 0 Å². The first-order chi connectivity index (χ1) is 16.2. The summed E-state index contributed by atoms with van der Waals surface area (Å²) in [7, 11) is 0. The molecule has 5 rings (SSSR count). The molecule has 3 heterocycles. The number of carbonyl (C=O) groups is 1. The van der Waals surface area contributed by atoms with E-state index in [1.165, 1.54) is 11.8 Å². The first kappa shape index (κ1) is 21.4. The van der Waals surface area contributed by atoms with E-state index >= 15 is 0 Å². The highest BCUT2D eigenvalue weighted by Crippen LogP contribution is 2.35. The van der Waals surface area contributed by atoms with Crippen molar-refractivity contribution < 1.29 is 19.0 Å². The molecule has 1 amide bonds. The number of fused-ring (bicyclic) bond motifs is 1. The third kappa shape index (κ3) is 4.67. The average Bonchev–Trinajstić information content (AvgIpc) is 3.58. The van der Waals surface area contributed by atoms with E-state index in [9.17, 15) is 4.79 Å². The van der Waals surface area contributed by atoms with Gasteiger partial charge >= 0.3 is 0 Å². The van der Waals surface area contributed by atoms with E-state index in [2.05, 4.69) is 15.5 Å². The Bertz CT molecular complexity index is 1260. The van der Waals surface area contributed by atoms with Crippen molar-refractivity contribution in [3.63, 3.8) is 0 Å². The number of anilines is 1. The Kier molecular flexibility index (Phi) is 6.18. The topological polar surface area (TPSA) is 87.5 Å². The zero-order valence-corrected chi connectivity index (χ0v) is 19.3. The second-order valence-corrected chi connectivity index (χ2v) is 8.84. The molecular formula is C23H20N4O4S2. The van der Waals surface area contributed by atoms with Crippen LogP contribution in [0.15, 0.2) is 65.1 Å². The van der Waals surface area contributed by atoms with Gasteiger partial charge in [0.1, 0.15) is 5.75 Å². The maximum atomic E-state index is 12.6. The number of carbonyl (C=O) groups excluding carboxylic acids is 1. The van der Waals surface area contributed by atoms with Crippen LogP contribution >= 0.6 is 23.1 Å².